The van der Waals surface area contributed by atoms with E-state index >= 15 is 0 Å². The van der Waals surface area contributed by atoms with E-state index in [0.29, 0.717) is 23.4 Å². The average molecular weight is 390 g/mol. The third-order valence-electron chi connectivity index (χ3n) is 3.90. The number of fused-ring (bicyclic) bond motifs is 1. The van der Waals surface area contributed by atoms with Crippen LogP contribution in [-0.2, 0) is 11.3 Å². The first-order valence-electron chi connectivity index (χ1n) is 7.42. The highest BCUT2D eigenvalue weighted by molar-refractivity contribution is 9.10. The number of halogens is 1. The second-order valence-electron chi connectivity index (χ2n) is 5.25. The van der Waals surface area contributed by atoms with Gasteiger partial charge in [-0.05, 0) is 54.8 Å². The standard InChI is InChI=1S/C18H16BrNO4/c1-22-12-5-3-11(4-6-12)18(21)24-20-15-9-7-13-14(19)8-10-16(23-2)17(13)15/h3-6,8,10H,7,9H2,1-2H3/b20-15-. The van der Waals surface area contributed by atoms with Gasteiger partial charge in [0.15, 0.2) is 0 Å². The maximum Gasteiger partial charge on any atom is 0.365 e. The van der Waals surface area contributed by atoms with Crippen LogP contribution >= 0.6 is 15.9 Å². The Kier molecular flexibility index (Phi) is 4.85. The molecule has 124 valence electrons. The summed E-state index contributed by atoms with van der Waals surface area (Å²) in [4.78, 5) is 17.2. The highest BCUT2D eigenvalue weighted by Gasteiger charge is 2.25. The SMILES string of the molecule is COc1ccc(C(=O)O/N=C2/CCc3c(Br)ccc(OC)c32)cc1. The largest absolute Gasteiger partial charge is 0.497 e. The molecule has 5 nitrogen and oxygen atoms in total. The Morgan fingerprint density at radius 2 is 1.79 bits per heavy atom. The van der Waals surface area contributed by atoms with Crippen molar-refractivity contribution in [3.63, 3.8) is 0 Å². The lowest BCUT2D eigenvalue weighted by Gasteiger charge is -2.09. The van der Waals surface area contributed by atoms with E-state index in [0.717, 1.165) is 27.8 Å². The van der Waals surface area contributed by atoms with Crippen molar-refractivity contribution in [2.45, 2.75) is 12.8 Å². The van der Waals surface area contributed by atoms with Crippen LogP contribution in [-0.4, -0.2) is 25.9 Å². The van der Waals surface area contributed by atoms with Crippen molar-refractivity contribution >= 4 is 27.6 Å². The molecular formula is C18H16BrNO4. The second kappa shape index (κ2) is 7.05. The molecule has 0 N–H and O–H groups in total. The maximum absolute atomic E-state index is 12.1. The molecular weight excluding hydrogens is 374 g/mol. The molecule has 1 aliphatic rings. The van der Waals surface area contributed by atoms with E-state index in [1.54, 1.807) is 38.5 Å². The van der Waals surface area contributed by atoms with Gasteiger partial charge in [0.25, 0.3) is 0 Å². The summed E-state index contributed by atoms with van der Waals surface area (Å²) in [5.41, 5.74) is 3.15. The Hall–Kier alpha value is -2.34. The van der Waals surface area contributed by atoms with Crippen LogP contribution in [0.25, 0.3) is 0 Å². The average Bonchev–Trinajstić information content (AvgIpc) is 3.05. The molecule has 0 amide bonds. The van der Waals surface area contributed by atoms with Crippen molar-refractivity contribution in [1.29, 1.82) is 0 Å². The summed E-state index contributed by atoms with van der Waals surface area (Å²) in [7, 11) is 3.19. The molecule has 0 fully saturated rings. The predicted molar refractivity (Wildman–Crippen MR) is 94.0 cm³/mol. The zero-order valence-electron chi connectivity index (χ0n) is 13.3. The fraction of sp³-hybridized carbons (Fsp3) is 0.222. The zero-order chi connectivity index (χ0) is 17.1. The fourth-order valence-electron chi connectivity index (χ4n) is 2.67. The number of carbonyl (C=O) groups excluding carboxylic acids is 1. The number of carbonyl (C=O) groups is 1. The van der Waals surface area contributed by atoms with Crippen LogP contribution in [0.3, 0.4) is 0 Å². The van der Waals surface area contributed by atoms with E-state index in [1.165, 1.54) is 0 Å². The summed E-state index contributed by atoms with van der Waals surface area (Å²) in [6.45, 7) is 0. The van der Waals surface area contributed by atoms with Crippen molar-refractivity contribution in [2.75, 3.05) is 14.2 Å². The van der Waals surface area contributed by atoms with Crippen LogP contribution < -0.4 is 9.47 Å². The molecule has 3 rings (SSSR count). The number of ether oxygens (including phenoxy) is 2. The van der Waals surface area contributed by atoms with E-state index in [4.69, 9.17) is 14.3 Å². The minimum Gasteiger partial charge on any atom is -0.497 e. The van der Waals surface area contributed by atoms with Gasteiger partial charge < -0.3 is 14.3 Å². The molecule has 1 aliphatic carbocycles. The highest BCUT2D eigenvalue weighted by atomic mass is 79.9. The number of nitrogens with zero attached hydrogens (tertiary/aromatic N) is 1. The molecule has 0 heterocycles. The number of benzene rings is 2. The highest BCUT2D eigenvalue weighted by Crippen LogP contribution is 2.36. The molecule has 0 radical (unpaired) electrons. The van der Waals surface area contributed by atoms with Gasteiger partial charge in [0, 0.05) is 10.0 Å². The molecule has 0 aromatic heterocycles. The van der Waals surface area contributed by atoms with Crippen molar-refractivity contribution in [3.05, 3.63) is 57.6 Å². The number of rotatable bonds is 4. The van der Waals surface area contributed by atoms with Gasteiger partial charge in [-0.1, -0.05) is 21.1 Å². The first-order chi connectivity index (χ1) is 11.6. The smallest absolute Gasteiger partial charge is 0.365 e. The summed E-state index contributed by atoms with van der Waals surface area (Å²) in [5.74, 6) is 0.898. The number of hydrogen-bond donors (Lipinski definition) is 0. The Morgan fingerprint density at radius 1 is 1.04 bits per heavy atom. The van der Waals surface area contributed by atoms with Gasteiger partial charge in [-0.15, -0.1) is 0 Å². The zero-order valence-corrected chi connectivity index (χ0v) is 14.9. The first kappa shape index (κ1) is 16.5. The second-order valence-corrected chi connectivity index (χ2v) is 6.10. The molecule has 0 saturated heterocycles. The van der Waals surface area contributed by atoms with E-state index < -0.39 is 5.97 Å². The van der Waals surface area contributed by atoms with Crippen molar-refractivity contribution < 1.29 is 19.1 Å². The molecule has 0 saturated carbocycles. The minimum atomic E-state index is -0.507. The summed E-state index contributed by atoms with van der Waals surface area (Å²) in [5, 5.41) is 4.07. The normalized spacial score (nSPS) is 14.4. The Morgan fingerprint density at radius 3 is 2.46 bits per heavy atom. The minimum absolute atomic E-state index is 0.416. The van der Waals surface area contributed by atoms with Crippen LogP contribution in [0.2, 0.25) is 0 Å². The summed E-state index contributed by atoms with van der Waals surface area (Å²) >= 11 is 3.54. The van der Waals surface area contributed by atoms with Crippen LogP contribution in [0.5, 0.6) is 11.5 Å². The molecule has 0 aliphatic heterocycles. The number of hydrogen-bond acceptors (Lipinski definition) is 5. The first-order valence-corrected chi connectivity index (χ1v) is 8.21. The van der Waals surface area contributed by atoms with Crippen LogP contribution in [0.1, 0.15) is 27.9 Å². The van der Waals surface area contributed by atoms with Crippen LogP contribution in [0.15, 0.2) is 46.0 Å². The number of oxime groups is 1. The molecule has 0 unspecified atom stereocenters. The van der Waals surface area contributed by atoms with Gasteiger partial charge in [-0.2, -0.15) is 0 Å². The van der Waals surface area contributed by atoms with Crippen molar-refractivity contribution in [1.82, 2.24) is 0 Å². The summed E-state index contributed by atoms with van der Waals surface area (Å²) in [6.07, 6.45) is 1.52. The van der Waals surface area contributed by atoms with E-state index in [-0.39, 0.29) is 0 Å². The van der Waals surface area contributed by atoms with Crippen LogP contribution in [0.4, 0.5) is 0 Å². The quantitative estimate of drug-likeness (QED) is 0.586. The lowest BCUT2D eigenvalue weighted by atomic mass is 10.1. The molecule has 2 aromatic carbocycles. The monoisotopic (exact) mass is 389 g/mol. The van der Waals surface area contributed by atoms with E-state index in [9.17, 15) is 4.79 Å². The Labute approximate surface area is 148 Å². The van der Waals surface area contributed by atoms with E-state index in [2.05, 4.69) is 21.1 Å². The van der Waals surface area contributed by atoms with Gasteiger partial charge in [-0.3, -0.25) is 0 Å². The predicted octanol–water partition coefficient (Wildman–Crippen LogP) is 3.97. The molecule has 2 aromatic rings. The third kappa shape index (κ3) is 3.14. The van der Waals surface area contributed by atoms with Gasteiger partial charge >= 0.3 is 5.97 Å². The van der Waals surface area contributed by atoms with Crippen molar-refractivity contribution in [3.8, 4) is 11.5 Å². The van der Waals surface area contributed by atoms with E-state index in [1.807, 2.05) is 12.1 Å². The maximum atomic E-state index is 12.1. The Balaban J connectivity index is 1.82. The Bertz CT molecular complexity index is 799. The molecule has 0 atom stereocenters. The molecule has 24 heavy (non-hydrogen) atoms. The van der Waals surface area contributed by atoms with Gasteiger partial charge in [0.2, 0.25) is 0 Å². The topological polar surface area (TPSA) is 57.1 Å². The van der Waals surface area contributed by atoms with Gasteiger partial charge in [0.1, 0.15) is 11.5 Å². The number of methoxy groups -OCH3 is 2. The van der Waals surface area contributed by atoms with Crippen LogP contribution in [0, 0.1) is 0 Å². The summed E-state index contributed by atoms with van der Waals surface area (Å²) < 4.78 is 11.5. The lowest BCUT2D eigenvalue weighted by molar-refractivity contribution is 0.0516. The van der Waals surface area contributed by atoms with Gasteiger partial charge in [0.05, 0.1) is 25.5 Å². The third-order valence-corrected chi connectivity index (χ3v) is 4.65. The lowest BCUT2D eigenvalue weighted by Crippen LogP contribution is -2.05. The summed E-state index contributed by atoms with van der Waals surface area (Å²) in [6, 6.07) is 10.5. The fourth-order valence-corrected chi connectivity index (χ4v) is 3.20. The molecule has 0 spiro atoms. The molecule has 6 heteroatoms. The van der Waals surface area contributed by atoms with Gasteiger partial charge in [-0.25, -0.2) is 4.79 Å². The van der Waals surface area contributed by atoms with Crippen molar-refractivity contribution in [2.24, 2.45) is 5.16 Å². The molecule has 0 bridgehead atoms.